The van der Waals surface area contributed by atoms with Gasteiger partial charge in [0.1, 0.15) is 0 Å². The van der Waals surface area contributed by atoms with Gasteiger partial charge in [-0.2, -0.15) is 13.2 Å². The van der Waals surface area contributed by atoms with Crippen molar-refractivity contribution < 1.29 is 27.5 Å². The molecule has 30 heavy (non-hydrogen) atoms. The molecule has 0 aliphatic carbocycles. The number of hydrogen-bond acceptors (Lipinski definition) is 4. The fraction of sp³-hybridized carbons (Fsp3) is 0.250. The molecule has 2 heterocycles. The molecule has 0 saturated heterocycles. The first-order chi connectivity index (χ1) is 14.2. The van der Waals surface area contributed by atoms with Gasteiger partial charge < -0.3 is 14.5 Å². The summed E-state index contributed by atoms with van der Waals surface area (Å²) in [5.41, 5.74) is 0.119. The number of halogens is 4. The molecular weight excluding hydrogens is 423 g/mol. The van der Waals surface area contributed by atoms with Crippen LogP contribution >= 0.6 is 11.6 Å². The largest absolute Gasteiger partial charge is 0.462 e. The van der Waals surface area contributed by atoms with Crippen molar-refractivity contribution in [1.82, 2.24) is 9.38 Å². The molecule has 0 bridgehead atoms. The van der Waals surface area contributed by atoms with Crippen LogP contribution < -0.4 is 5.32 Å². The highest BCUT2D eigenvalue weighted by molar-refractivity contribution is 6.33. The SMILES string of the molecule is CCCOC(=O)c1cccc(NC(=O)Cc2cn3cc(C(F)(F)F)cc(Cl)c3n2)c1. The minimum Gasteiger partial charge on any atom is -0.462 e. The third-order valence-electron chi connectivity index (χ3n) is 4.04. The van der Waals surface area contributed by atoms with E-state index in [-0.39, 0.29) is 22.8 Å². The van der Waals surface area contributed by atoms with Gasteiger partial charge in [-0.3, -0.25) is 4.79 Å². The maximum Gasteiger partial charge on any atom is 0.417 e. The number of alkyl halides is 3. The Bertz CT molecular complexity index is 1100. The second-order valence-electron chi connectivity index (χ2n) is 6.48. The fourth-order valence-electron chi connectivity index (χ4n) is 2.72. The highest BCUT2D eigenvalue weighted by Crippen LogP contribution is 2.32. The van der Waals surface area contributed by atoms with Crippen LogP contribution in [0.25, 0.3) is 5.65 Å². The number of nitrogens with one attached hydrogen (secondary N) is 1. The Morgan fingerprint density at radius 3 is 2.70 bits per heavy atom. The number of hydrogen-bond donors (Lipinski definition) is 1. The van der Waals surface area contributed by atoms with Crippen LogP contribution in [0.2, 0.25) is 5.02 Å². The van der Waals surface area contributed by atoms with E-state index < -0.39 is 23.6 Å². The van der Waals surface area contributed by atoms with E-state index >= 15 is 0 Å². The van der Waals surface area contributed by atoms with Crippen LogP contribution in [0.15, 0.2) is 42.7 Å². The molecule has 0 saturated carbocycles. The first-order valence-electron chi connectivity index (χ1n) is 8.98. The van der Waals surface area contributed by atoms with E-state index in [9.17, 15) is 22.8 Å². The summed E-state index contributed by atoms with van der Waals surface area (Å²) in [5.74, 6) is -0.951. The summed E-state index contributed by atoms with van der Waals surface area (Å²) in [6.45, 7) is 2.17. The number of pyridine rings is 1. The predicted molar refractivity (Wildman–Crippen MR) is 105 cm³/mol. The number of fused-ring (bicyclic) bond motifs is 1. The molecule has 0 radical (unpaired) electrons. The molecule has 6 nitrogen and oxygen atoms in total. The van der Waals surface area contributed by atoms with Crippen molar-refractivity contribution in [2.45, 2.75) is 25.9 Å². The van der Waals surface area contributed by atoms with E-state index in [1.54, 1.807) is 18.2 Å². The lowest BCUT2D eigenvalue weighted by atomic mass is 10.2. The van der Waals surface area contributed by atoms with Crippen LogP contribution in [-0.4, -0.2) is 27.9 Å². The molecule has 0 atom stereocenters. The van der Waals surface area contributed by atoms with E-state index in [0.29, 0.717) is 24.3 Å². The van der Waals surface area contributed by atoms with Gasteiger partial charge in [0.15, 0.2) is 5.65 Å². The van der Waals surface area contributed by atoms with Crippen LogP contribution in [-0.2, 0) is 22.1 Å². The molecule has 0 unspecified atom stereocenters. The van der Waals surface area contributed by atoms with Crippen LogP contribution in [0.5, 0.6) is 0 Å². The van der Waals surface area contributed by atoms with E-state index in [2.05, 4.69) is 10.3 Å². The van der Waals surface area contributed by atoms with Crippen molar-refractivity contribution in [3.63, 3.8) is 0 Å². The number of nitrogens with zero attached hydrogens (tertiary/aromatic N) is 2. The summed E-state index contributed by atoms with van der Waals surface area (Å²) in [7, 11) is 0. The molecule has 2 aromatic heterocycles. The maximum absolute atomic E-state index is 12.9. The predicted octanol–water partition coefficient (Wildman–Crippen LogP) is 4.75. The van der Waals surface area contributed by atoms with Gasteiger partial charge in [-0.15, -0.1) is 0 Å². The fourth-order valence-corrected chi connectivity index (χ4v) is 2.98. The monoisotopic (exact) mass is 439 g/mol. The topological polar surface area (TPSA) is 72.7 Å². The molecule has 1 N–H and O–H groups in total. The number of rotatable bonds is 6. The van der Waals surface area contributed by atoms with Gasteiger partial charge in [-0.1, -0.05) is 24.6 Å². The molecular formula is C20H17ClF3N3O3. The number of ether oxygens (including phenoxy) is 1. The molecule has 0 spiro atoms. The Morgan fingerprint density at radius 1 is 1.23 bits per heavy atom. The summed E-state index contributed by atoms with van der Waals surface area (Å²) >= 11 is 5.90. The van der Waals surface area contributed by atoms with Crippen LogP contribution in [0.3, 0.4) is 0 Å². The summed E-state index contributed by atoms with van der Waals surface area (Å²) in [6, 6.07) is 7.03. The lowest BCUT2D eigenvalue weighted by molar-refractivity contribution is -0.137. The Morgan fingerprint density at radius 2 is 2.00 bits per heavy atom. The van der Waals surface area contributed by atoms with Crippen molar-refractivity contribution in [3.8, 4) is 0 Å². The van der Waals surface area contributed by atoms with Gasteiger partial charge in [-0.25, -0.2) is 9.78 Å². The van der Waals surface area contributed by atoms with Crippen LogP contribution in [0.1, 0.15) is 35.0 Å². The quantitative estimate of drug-likeness (QED) is 0.562. The highest BCUT2D eigenvalue weighted by atomic mass is 35.5. The van der Waals surface area contributed by atoms with Gasteiger partial charge in [0.2, 0.25) is 5.91 Å². The number of benzene rings is 1. The molecule has 3 rings (SSSR count). The third kappa shape index (κ3) is 5.10. The molecule has 0 fully saturated rings. The van der Waals surface area contributed by atoms with Gasteiger partial charge in [0.25, 0.3) is 0 Å². The number of anilines is 1. The number of carbonyl (C=O) groups is 2. The minimum absolute atomic E-state index is 0.119. The molecule has 0 aliphatic rings. The standard InChI is InChI=1S/C20H17ClF3N3O3/c1-2-6-30-19(29)12-4-3-5-14(7-12)25-17(28)9-15-11-27-10-13(20(22,23)24)8-16(21)18(27)26-15/h3-5,7-8,10-11H,2,6,9H2,1H3,(H,25,28). The van der Waals surface area contributed by atoms with E-state index in [4.69, 9.17) is 16.3 Å². The summed E-state index contributed by atoms with van der Waals surface area (Å²) < 4.78 is 45.0. The molecule has 1 aromatic carbocycles. The van der Waals surface area contributed by atoms with Crippen LogP contribution in [0.4, 0.5) is 18.9 Å². The average Bonchev–Trinajstić information content (AvgIpc) is 3.08. The lowest BCUT2D eigenvalue weighted by Crippen LogP contribution is -2.15. The van der Waals surface area contributed by atoms with Crippen molar-refractivity contribution in [3.05, 3.63) is 64.6 Å². The van der Waals surface area contributed by atoms with Crippen molar-refractivity contribution >= 4 is 34.8 Å². The Hall–Kier alpha value is -3.07. The maximum atomic E-state index is 12.9. The smallest absolute Gasteiger partial charge is 0.417 e. The zero-order valence-electron chi connectivity index (χ0n) is 15.8. The van der Waals surface area contributed by atoms with Gasteiger partial charge in [0.05, 0.1) is 34.9 Å². The van der Waals surface area contributed by atoms with Gasteiger partial charge in [-0.05, 0) is 30.7 Å². The van der Waals surface area contributed by atoms with Gasteiger partial charge >= 0.3 is 12.1 Å². The first-order valence-corrected chi connectivity index (χ1v) is 9.36. The number of esters is 1. The summed E-state index contributed by atoms with van der Waals surface area (Å²) in [6.07, 6.45) is -1.88. The molecule has 10 heteroatoms. The third-order valence-corrected chi connectivity index (χ3v) is 4.32. The van der Waals surface area contributed by atoms with Crippen molar-refractivity contribution in [2.24, 2.45) is 0 Å². The molecule has 158 valence electrons. The lowest BCUT2D eigenvalue weighted by Gasteiger charge is -2.07. The van der Waals surface area contributed by atoms with Gasteiger partial charge in [0, 0.05) is 18.1 Å². The second kappa shape index (κ2) is 8.74. The van der Waals surface area contributed by atoms with Crippen LogP contribution in [0, 0.1) is 0 Å². The average molecular weight is 440 g/mol. The minimum atomic E-state index is -4.55. The highest BCUT2D eigenvalue weighted by Gasteiger charge is 2.32. The Labute approximate surface area is 174 Å². The van der Waals surface area contributed by atoms with Crippen molar-refractivity contribution in [2.75, 3.05) is 11.9 Å². The summed E-state index contributed by atoms with van der Waals surface area (Å²) in [5, 5.41) is 2.46. The van der Waals surface area contributed by atoms with E-state index in [1.807, 2.05) is 6.92 Å². The zero-order chi connectivity index (χ0) is 21.9. The molecule has 0 aliphatic heterocycles. The number of carbonyl (C=O) groups excluding carboxylic acids is 2. The summed E-state index contributed by atoms with van der Waals surface area (Å²) in [4.78, 5) is 28.4. The normalized spacial score (nSPS) is 11.5. The van der Waals surface area contributed by atoms with Crippen molar-refractivity contribution in [1.29, 1.82) is 0 Å². The van der Waals surface area contributed by atoms with E-state index in [1.165, 1.54) is 12.3 Å². The first kappa shape index (κ1) is 21.6. The number of imidazole rings is 1. The number of aromatic nitrogens is 2. The van der Waals surface area contributed by atoms with E-state index in [0.717, 1.165) is 16.7 Å². The second-order valence-corrected chi connectivity index (χ2v) is 6.89. The Balaban J connectivity index is 1.73. The number of amides is 1. The zero-order valence-corrected chi connectivity index (χ0v) is 16.5. The molecule has 3 aromatic rings. The molecule has 1 amide bonds. The Kier molecular flexibility index (Phi) is 6.31.